The van der Waals surface area contributed by atoms with Crippen LogP contribution in [0.25, 0.3) is 0 Å². The summed E-state index contributed by atoms with van der Waals surface area (Å²) in [6, 6.07) is 7.21. The van der Waals surface area contributed by atoms with Gasteiger partial charge in [0.15, 0.2) is 0 Å². The molecule has 2 rings (SSSR count). The smallest absolute Gasteiger partial charge is 0.307 e. The van der Waals surface area contributed by atoms with E-state index in [1.165, 1.54) is 0 Å². The average molecular weight is 294 g/mol. The minimum atomic E-state index is -0.919. The Morgan fingerprint density at radius 2 is 1.95 bits per heavy atom. The highest BCUT2D eigenvalue weighted by Crippen LogP contribution is 2.26. The van der Waals surface area contributed by atoms with Crippen LogP contribution in [-0.4, -0.2) is 17.0 Å². The van der Waals surface area contributed by atoms with E-state index in [1.54, 1.807) is 12.1 Å². The number of carboxylic acids is 1. The number of halogens is 1. The first-order valence-electron chi connectivity index (χ1n) is 6.48. The van der Waals surface area contributed by atoms with E-state index in [-0.39, 0.29) is 5.91 Å². The summed E-state index contributed by atoms with van der Waals surface area (Å²) in [6.07, 6.45) is 4.56. The number of carbonyl (C=O) groups is 2. The van der Waals surface area contributed by atoms with Crippen molar-refractivity contribution in [2.24, 2.45) is 11.8 Å². The minimum absolute atomic E-state index is 0.221. The molecule has 0 heterocycles. The van der Waals surface area contributed by atoms with Crippen LogP contribution in [0.5, 0.6) is 0 Å². The van der Waals surface area contributed by atoms with Gasteiger partial charge < -0.3 is 10.4 Å². The maximum atomic E-state index is 12.1. The number of allylic oxidation sites excluding steroid dienone is 2. The van der Waals surface area contributed by atoms with Crippen LogP contribution in [0.4, 0.5) is 0 Å². The Kier molecular flexibility index (Phi) is 4.79. The van der Waals surface area contributed by atoms with Gasteiger partial charge in [-0.1, -0.05) is 35.9 Å². The summed E-state index contributed by atoms with van der Waals surface area (Å²) in [4.78, 5) is 23.3. The Hall–Kier alpha value is -1.81. The quantitative estimate of drug-likeness (QED) is 0.839. The van der Waals surface area contributed by atoms with E-state index >= 15 is 0 Å². The van der Waals surface area contributed by atoms with Crippen LogP contribution in [-0.2, 0) is 16.1 Å². The molecule has 2 N–H and O–H groups in total. The third-order valence-corrected chi connectivity index (χ3v) is 3.68. The lowest BCUT2D eigenvalue weighted by atomic mass is 9.82. The number of carbonyl (C=O) groups excluding carboxylic acids is 1. The van der Waals surface area contributed by atoms with Crippen molar-refractivity contribution in [2.45, 2.75) is 19.4 Å². The lowest BCUT2D eigenvalue weighted by molar-refractivity contribution is -0.147. The zero-order valence-electron chi connectivity index (χ0n) is 10.9. The van der Waals surface area contributed by atoms with Gasteiger partial charge in [-0.15, -0.1) is 0 Å². The number of nitrogens with one attached hydrogen (secondary N) is 1. The van der Waals surface area contributed by atoms with Crippen LogP contribution in [0.1, 0.15) is 18.4 Å². The summed E-state index contributed by atoms with van der Waals surface area (Å²) in [5.41, 5.74) is 0.893. The standard InChI is InChI=1S/C15H16ClNO3/c16-11-5-3-4-10(8-11)9-17-14(18)12-6-1-2-7-13(12)15(19)20/h1-5,8,12-13H,6-7,9H2,(H,17,18)(H,19,20)/t12-,13+/m1/s1. The molecule has 5 heteroatoms. The van der Waals surface area contributed by atoms with Gasteiger partial charge in [0.2, 0.25) is 5.91 Å². The molecule has 1 aromatic rings. The predicted octanol–water partition coefficient (Wildman–Crippen LogP) is 2.62. The lowest BCUT2D eigenvalue weighted by Gasteiger charge is -2.24. The number of hydrogen-bond donors (Lipinski definition) is 2. The Balaban J connectivity index is 1.97. The van der Waals surface area contributed by atoms with Gasteiger partial charge >= 0.3 is 5.97 Å². The molecule has 1 aliphatic rings. The van der Waals surface area contributed by atoms with Crippen molar-refractivity contribution >= 4 is 23.5 Å². The Morgan fingerprint density at radius 1 is 1.25 bits per heavy atom. The van der Waals surface area contributed by atoms with Gasteiger partial charge in [-0.05, 0) is 30.5 Å². The van der Waals surface area contributed by atoms with Crippen molar-refractivity contribution in [1.82, 2.24) is 5.32 Å². The first-order chi connectivity index (χ1) is 9.58. The van der Waals surface area contributed by atoms with Crippen LogP contribution < -0.4 is 5.32 Å². The topological polar surface area (TPSA) is 66.4 Å². The van der Waals surface area contributed by atoms with Crippen molar-refractivity contribution in [2.75, 3.05) is 0 Å². The third kappa shape index (κ3) is 3.61. The van der Waals surface area contributed by atoms with E-state index in [1.807, 2.05) is 24.3 Å². The zero-order chi connectivity index (χ0) is 14.5. The van der Waals surface area contributed by atoms with E-state index < -0.39 is 17.8 Å². The summed E-state index contributed by atoms with van der Waals surface area (Å²) < 4.78 is 0. The summed E-state index contributed by atoms with van der Waals surface area (Å²) in [6.45, 7) is 0.353. The summed E-state index contributed by atoms with van der Waals surface area (Å²) in [5, 5.41) is 12.5. The monoisotopic (exact) mass is 293 g/mol. The third-order valence-electron chi connectivity index (χ3n) is 3.44. The number of aliphatic carboxylic acids is 1. The van der Waals surface area contributed by atoms with Gasteiger partial charge in [0, 0.05) is 11.6 Å². The highest BCUT2D eigenvalue weighted by molar-refractivity contribution is 6.30. The van der Waals surface area contributed by atoms with Crippen LogP contribution in [0, 0.1) is 11.8 Å². The maximum absolute atomic E-state index is 12.1. The highest BCUT2D eigenvalue weighted by Gasteiger charge is 2.33. The molecular weight excluding hydrogens is 278 g/mol. The van der Waals surface area contributed by atoms with E-state index in [0.29, 0.717) is 24.4 Å². The molecule has 2 atom stereocenters. The molecule has 106 valence electrons. The van der Waals surface area contributed by atoms with Gasteiger partial charge in [-0.25, -0.2) is 0 Å². The summed E-state index contributed by atoms with van der Waals surface area (Å²) in [7, 11) is 0. The van der Waals surface area contributed by atoms with E-state index in [9.17, 15) is 9.59 Å². The number of carboxylic acid groups (broad SMARTS) is 1. The van der Waals surface area contributed by atoms with Crippen molar-refractivity contribution in [3.05, 3.63) is 47.0 Å². The SMILES string of the molecule is O=C(O)[C@H]1CC=CC[C@H]1C(=O)NCc1cccc(Cl)c1. The first kappa shape index (κ1) is 14.6. The Bertz CT molecular complexity index is 542. The molecule has 0 fully saturated rings. The normalized spacial score (nSPS) is 21.4. The van der Waals surface area contributed by atoms with Crippen LogP contribution >= 0.6 is 11.6 Å². The molecule has 4 nitrogen and oxygen atoms in total. The van der Waals surface area contributed by atoms with E-state index in [4.69, 9.17) is 16.7 Å². The van der Waals surface area contributed by atoms with Crippen LogP contribution in [0.2, 0.25) is 5.02 Å². The van der Waals surface area contributed by atoms with Crippen molar-refractivity contribution in [3.63, 3.8) is 0 Å². The molecule has 0 aromatic heterocycles. The van der Waals surface area contributed by atoms with Gasteiger partial charge in [-0.2, -0.15) is 0 Å². The molecule has 1 aliphatic carbocycles. The zero-order valence-corrected chi connectivity index (χ0v) is 11.6. The molecule has 0 bridgehead atoms. The summed E-state index contributed by atoms with van der Waals surface area (Å²) >= 11 is 5.87. The number of hydrogen-bond acceptors (Lipinski definition) is 2. The molecule has 0 radical (unpaired) electrons. The first-order valence-corrected chi connectivity index (χ1v) is 6.85. The Labute approximate surface area is 122 Å². The molecular formula is C15H16ClNO3. The van der Waals surface area contributed by atoms with Gasteiger partial charge in [-0.3, -0.25) is 9.59 Å². The fourth-order valence-corrected chi connectivity index (χ4v) is 2.56. The Morgan fingerprint density at radius 3 is 2.60 bits per heavy atom. The lowest BCUT2D eigenvalue weighted by Crippen LogP contribution is -2.38. The molecule has 0 saturated heterocycles. The fourth-order valence-electron chi connectivity index (χ4n) is 2.34. The number of amides is 1. The molecule has 0 unspecified atom stereocenters. The molecule has 0 saturated carbocycles. The predicted molar refractivity (Wildman–Crippen MR) is 76.3 cm³/mol. The highest BCUT2D eigenvalue weighted by atomic mass is 35.5. The van der Waals surface area contributed by atoms with Crippen LogP contribution in [0.3, 0.4) is 0 Å². The molecule has 0 aliphatic heterocycles. The molecule has 1 amide bonds. The number of benzene rings is 1. The van der Waals surface area contributed by atoms with E-state index in [0.717, 1.165) is 5.56 Å². The van der Waals surface area contributed by atoms with Gasteiger partial charge in [0.1, 0.15) is 0 Å². The van der Waals surface area contributed by atoms with Gasteiger partial charge in [0.05, 0.1) is 11.8 Å². The second-order valence-corrected chi connectivity index (χ2v) is 5.28. The van der Waals surface area contributed by atoms with Crippen molar-refractivity contribution in [1.29, 1.82) is 0 Å². The molecule has 1 aromatic carbocycles. The van der Waals surface area contributed by atoms with E-state index in [2.05, 4.69) is 5.32 Å². The van der Waals surface area contributed by atoms with Crippen molar-refractivity contribution in [3.8, 4) is 0 Å². The molecule has 20 heavy (non-hydrogen) atoms. The largest absolute Gasteiger partial charge is 0.481 e. The maximum Gasteiger partial charge on any atom is 0.307 e. The number of rotatable bonds is 4. The second-order valence-electron chi connectivity index (χ2n) is 4.84. The second kappa shape index (κ2) is 6.57. The average Bonchev–Trinajstić information content (AvgIpc) is 2.45. The molecule has 0 spiro atoms. The van der Waals surface area contributed by atoms with Crippen molar-refractivity contribution < 1.29 is 14.7 Å². The fraction of sp³-hybridized carbons (Fsp3) is 0.333. The summed E-state index contributed by atoms with van der Waals surface area (Å²) in [5.74, 6) is -2.28. The van der Waals surface area contributed by atoms with Crippen LogP contribution in [0.15, 0.2) is 36.4 Å². The minimum Gasteiger partial charge on any atom is -0.481 e. The van der Waals surface area contributed by atoms with Gasteiger partial charge in [0.25, 0.3) is 0 Å².